The maximum absolute atomic E-state index is 5.40. The van der Waals surface area contributed by atoms with E-state index in [1.165, 1.54) is 56.7 Å². The summed E-state index contributed by atoms with van der Waals surface area (Å²) in [6.45, 7) is 6.41. The Morgan fingerprint density at radius 2 is 1.09 bits per heavy atom. The maximum atomic E-state index is 5.40. The molecule has 4 nitrogen and oxygen atoms in total. The molecule has 0 atom stereocenters. The van der Waals surface area contributed by atoms with Gasteiger partial charge in [-0.2, -0.15) is 9.97 Å². The highest BCUT2D eigenvalue weighted by Crippen LogP contribution is 2.49. The average molecular weight is 727 g/mol. The van der Waals surface area contributed by atoms with Crippen LogP contribution in [0.25, 0.3) is 91.2 Å². The van der Waals surface area contributed by atoms with Crippen LogP contribution >= 0.6 is 22.7 Å². The Balaban J connectivity index is 1.21. The number of fused-ring (bicyclic) bond motifs is 6. The molecule has 0 N–H and O–H groups in total. The highest BCUT2D eigenvalue weighted by Gasteiger charge is 2.31. The van der Waals surface area contributed by atoms with Crippen LogP contribution in [0.4, 0.5) is 11.6 Å². The van der Waals surface area contributed by atoms with Crippen molar-refractivity contribution in [1.29, 1.82) is 0 Å². The lowest BCUT2D eigenvalue weighted by atomic mass is 9.88. The zero-order valence-corrected chi connectivity index (χ0v) is 30.9. The van der Waals surface area contributed by atoms with Crippen molar-refractivity contribution in [3.05, 3.63) is 169 Å². The van der Waals surface area contributed by atoms with Gasteiger partial charge in [-0.25, -0.2) is 4.98 Å². The third-order valence-electron chi connectivity index (χ3n) is 10.6. The largest absolute Gasteiger partial charge is 0.277 e. The fourth-order valence-electron chi connectivity index (χ4n) is 8.11. The molecule has 0 saturated heterocycles. The first kappa shape index (κ1) is 31.1. The van der Waals surface area contributed by atoms with Gasteiger partial charge in [0.25, 0.3) is 0 Å². The molecule has 11 rings (SSSR count). The lowest BCUT2D eigenvalue weighted by Crippen LogP contribution is -2.23. The van der Waals surface area contributed by atoms with Crippen LogP contribution in [-0.4, -0.2) is 15.0 Å². The van der Waals surface area contributed by atoms with Gasteiger partial charge in [0.15, 0.2) is 11.6 Å². The molecule has 10 aromatic rings. The predicted octanol–water partition coefficient (Wildman–Crippen LogP) is 13.8. The molecule has 1 aliphatic rings. The van der Waals surface area contributed by atoms with Crippen molar-refractivity contribution in [2.24, 2.45) is 0 Å². The van der Waals surface area contributed by atoms with E-state index in [1.807, 2.05) is 28.7 Å². The predicted molar refractivity (Wildman–Crippen MR) is 232 cm³/mol. The SMILES string of the molecule is C=Cc1ccccc1C1=C(C)c2cccc3cccc(c23)N1c1nc(-c2ccc3sc4ccccc4c3c2)nc(-c2ccc3sc4ccccc4c3c2)n1. The summed E-state index contributed by atoms with van der Waals surface area (Å²) in [5.41, 5.74) is 8.41. The van der Waals surface area contributed by atoms with Crippen LogP contribution in [0.1, 0.15) is 23.6 Å². The summed E-state index contributed by atoms with van der Waals surface area (Å²) in [5.74, 6) is 1.82. The Labute approximate surface area is 319 Å². The van der Waals surface area contributed by atoms with Gasteiger partial charge in [-0.15, -0.1) is 22.7 Å². The van der Waals surface area contributed by atoms with Crippen LogP contribution in [0.5, 0.6) is 0 Å². The minimum absolute atomic E-state index is 0.566. The van der Waals surface area contributed by atoms with E-state index in [1.54, 1.807) is 0 Å². The van der Waals surface area contributed by atoms with Crippen molar-refractivity contribution >= 4 is 103 Å². The van der Waals surface area contributed by atoms with Gasteiger partial charge in [0, 0.05) is 62.4 Å². The minimum Gasteiger partial charge on any atom is -0.277 e. The molecule has 0 fully saturated rings. The lowest BCUT2D eigenvalue weighted by Gasteiger charge is -2.34. The Kier molecular flexibility index (Phi) is 6.93. The number of hydrogen-bond donors (Lipinski definition) is 0. The van der Waals surface area contributed by atoms with Crippen molar-refractivity contribution in [2.45, 2.75) is 6.92 Å². The molecule has 0 spiro atoms. The van der Waals surface area contributed by atoms with Gasteiger partial charge in [-0.1, -0.05) is 104 Å². The van der Waals surface area contributed by atoms with E-state index in [0.717, 1.165) is 39.2 Å². The van der Waals surface area contributed by atoms with Crippen molar-refractivity contribution in [3.8, 4) is 22.8 Å². The number of hydrogen-bond acceptors (Lipinski definition) is 6. The monoisotopic (exact) mass is 726 g/mol. The second kappa shape index (κ2) is 12.0. The molecule has 0 amide bonds. The van der Waals surface area contributed by atoms with Gasteiger partial charge in [-0.05, 0) is 83.6 Å². The van der Waals surface area contributed by atoms with Crippen LogP contribution in [-0.2, 0) is 0 Å². The Morgan fingerprint density at radius 1 is 0.537 bits per heavy atom. The smallest absolute Gasteiger partial charge is 0.238 e. The second-order valence-corrected chi connectivity index (χ2v) is 15.8. The number of aromatic nitrogens is 3. The first-order valence-electron chi connectivity index (χ1n) is 18.0. The molecule has 0 unspecified atom stereocenters. The molecular formula is C48H30N4S2. The zero-order valence-electron chi connectivity index (χ0n) is 29.2. The molecule has 4 heterocycles. The molecule has 54 heavy (non-hydrogen) atoms. The number of anilines is 2. The molecule has 0 radical (unpaired) electrons. The van der Waals surface area contributed by atoms with E-state index < -0.39 is 0 Å². The summed E-state index contributed by atoms with van der Waals surface area (Å²) >= 11 is 3.62. The summed E-state index contributed by atoms with van der Waals surface area (Å²) in [6, 6.07) is 51.9. The van der Waals surface area contributed by atoms with Crippen LogP contribution in [0.2, 0.25) is 0 Å². The van der Waals surface area contributed by atoms with E-state index in [4.69, 9.17) is 15.0 Å². The average Bonchev–Trinajstić information content (AvgIpc) is 3.79. The Morgan fingerprint density at radius 3 is 1.74 bits per heavy atom. The van der Waals surface area contributed by atoms with Crippen molar-refractivity contribution in [2.75, 3.05) is 4.90 Å². The van der Waals surface area contributed by atoms with Crippen molar-refractivity contribution in [3.63, 3.8) is 0 Å². The summed E-state index contributed by atoms with van der Waals surface area (Å²) in [6.07, 6.45) is 1.93. The van der Waals surface area contributed by atoms with E-state index >= 15 is 0 Å². The summed E-state index contributed by atoms with van der Waals surface area (Å²) in [7, 11) is 0. The molecule has 0 aliphatic carbocycles. The van der Waals surface area contributed by atoms with Crippen LogP contribution < -0.4 is 4.90 Å². The van der Waals surface area contributed by atoms with Gasteiger partial charge >= 0.3 is 0 Å². The second-order valence-electron chi connectivity index (χ2n) is 13.7. The molecule has 0 bridgehead atoms. The normalized spacial score (nSPS) is 12.9. The van der Waals surface area contributed by atoms with E-state index in [-0.39, 0.29) is 0 Å². The molecule has 7 aromatic carbocycles. The molecule has 0 saturated carbocycles. The third-order valence-corrected chi connectivity index (χ3v) is 12.9. The fourth-order valence-corrected chi connectivity index (χ4v) is 10.3. The Bertz CT molecular complexity index is 3080. The molecule has 1 aliphatic heterocycles. The van der Waals surface area contributed by atoms with Gasteiger partial charge in [0.2, 0.25) is 5.95 Å². The van der Waals surface area contributed by atoms with Gasteiger partial charge in [-0.3, -0.25) is 4.90 Å². The highest BCUT2D eigenvalue weighted by molar-refractivity contribution is 7.26. The molecule has 3 aromatic heterocycles. The maximum Gasteiger partial charge on any atom is 0.238 e. The van der Waals surface area contributed by atoms with E-state index in [9.17, 15) is 0 Å². The fraction of sp³-hybridized carbons (Fsp3) is 0.0208. The van der Waals surface area contributed by atoms with Crippen LogP contribution in [0, 0.1) is 0 Å². The molecule has 254 valence electrons. The molecular weight excluding hydrogens is 697 g/mol. The Hall–Kier alpha value is -6.47. The quantitative estimate of drug-likeness (QED) is 0.177. The van der Waals surface area contributed by atoms with Gasteiger partial charge in [0.1, 0.15) is 0 Å². The van der Waals surface area contributed by atoms with Crippen molar-refractivity contribution < 1.29 is 0 Å². The summed E-state index contributed by atoms with van der Waals surface area (Å²) in [5, 5.41) is 7.24. The highest BCUT2D eigenvalue weighted by atomic mass is 32.1. The van der Waals surface area contributed by atoms with E-state index in [0.29, 0.717) is 17.6 Å². The van der Waals surface area contributed by atoms with Gasteiger partial charge < -0.3 is 0 Å². The first-order valence-corrected chi connectivity index (χ1v) is 19.6. The van der Waals surface area contributed by atoms with Gasteiger partial charge in [0.05, 0.1) is 11.4 Å². The van der Waals surface area contributed by atoms with Crippen molar-refractivity contribution in [1.82, 2.24) is 15.0 Å². The van der Waals surface area contributed by atoms with E-state index in [2.05, 4.69) is 164 Å². The summed E-state index contributed by atoms with van der Waals surface area (Å²) in [4.78, 5) is 18.3. The number of rotatable bonds is 5. The number of nitrogens with zero attached hydrogens (tertiary/aromatic N) is 4. The summed E-state index contributed by atoms with van der Waals surface area (Å²) < 4.78 is 5.02. The number of allylic oxidation sites excluding steroid dienone is 1. The molecule has 6 heteroatoms. The number of benzene rings is 7. The zero-order chi connectivity index (χ0) is 35.9. The first-order chi connectivity index (χ1) is 26.6. The minimum atomic E-state index is 0.566. The standard InChI is InChI=1S/C48H30N4S2/c1-3-29-12-4-5-15-34(29)45-28(2)33-18-10-13-30-14-11-19-39(44(30)33)52(45)48-50-46(31-22-24-42-37(26-31)35-16-6-8-20-40(35)53-42)49-47(51-48)32-23-25-43-38(27-32)36-17-7-9-21-41(36)54-43/h3-27H,1H2,2H3. The number of thiophene rings is 2. The topological polar surface area (TPSA) is 41.9 Å². The van der Waals surface area contributed by atoms with Crippen LogP contribution in [0.15, 0.2) is 152 Å². The third kappa shape index (κ3) is 4.70. The van der Waals surface area contributed by atoms with Crippen LogP contribution in [0.3, 0.4) is 0 Å². The lowest BCUT2D eigenvalue weighted by molar-refractivity contribution is 1.03.